The molecular formula is C8H12N2OS2. The molecule has 0 saturated carbocycles. The van der Waals surface area contributed by atoms with Crippen molar-refractivity contribution in [3.63, 3.8) is 0 Å². The standard InChI is InChI=1S/C8H12N2OS2/c1-3-5(2)10-7(11)6(4-12)9-8(10)13/h3,5-6,12H,1,4H2,2H3,(H,9,13)/t5?,6-/m0/s1. The molecule has 1 saturated heterocycles. The van der Waals surface area contributed by atoms with Gasteiger partial charge in [-0.15, -0.1) is 6.58 Å². The molecule has 0 radical (unpaired) electrons. The van der Waals surface area contributed by atoms with Gasteiger partial charge in [0.05, 0.1) is 6.04 Å². The van der Waals surface area contributed by atoms with E-state index in [1.807, 2.05) is 6.92 Å². The van der Waals surface area contributed by atoms with E-state index in [2.05, 4.69) is 24.5 Å². The zero-order valence-corrected chi connectivity index (χ0v) is 9.07. The summed E-state index contributed by atoms with van der Waals surface area (Å²) < 4.78 is 0. The fourth-order valence-corrected chi connectivity index (χ4v) is 1.81. The molecule has 1 aliphatic heterocycles. The van der Waals surface area contributed by atoms with Crippen molar-refractivity contribution in [2.24, 2.45) is 0 Å². The minimum absolute atomic E-state index is 0.0209. The van der Waals surface area contributed by atoms with Gasteiger partial charge in [0.2, 0.25) is 0 Å². The maximum atomic E-state index is 11.6. The largest absolute Gasteiger partial charge is 0.350 e. The van der Waals surface area contributed by atoms with Crippen molar-refractivity contribution in [1.82, 2.24) is 10.2 Å². The van der Waals surface area contributed by atoms with E-state index in [9.17, 15) is 4.79 Å². The maximum absolute atomic E-state index is 11.6. The molecule has 0 aromatic heterocycles. The number of rotatable bonds is 3. The smallest absolute Gasteiger partial charge is 0.252 e. The van der Waals surface area contributed by atoms with Crippen LogP contribution in [0.25, 0.3) is 0 Å². The Morgan fingerprint density at radius 3 is 2.92 bits per heavy atom. The number of carbonyl (C=O) groups excluding carboxylic acids is 1. The molecule has 3 nitrogen and oxygen atoms in total. The zero-order chi connectivity index (χ0) is 10.0. The van der Waals surface area contributed by atoms with Crippen LogP contribution in [0.1, 0.15) is 6.92 Å². The van der Waals surface area contributed by atoms with Crippen molar-refractivity contribution in [3.05, 3.63) is 12.7 Å². The third-order valence-corrected chi connectivity index (χ3v) is 2.66. The van der Waals surface area contributed by atoms with E-state index >= 15 is 0 Å². The summed E-state index contributed by atoms with van der Waals surface area (Å²) in [6.45, 7) is 5.50. The first-order valence-corrected chi connectivity index (χ1v) is 5.03. The molecule has 13 heavy (non-hydrogen) atoms. The van der Waals surface area contributed by atoms with E-state index in [-0.39, 0.29) is 18.0 Å². The third kappa shape index (κ3) is 1.86. The van der Waals surface area contributed by atoms with Crippen LogP contribution in [0.15, 0.2) is 12.7 Å². The number of hydrogen-bond acceptors (Lipinski definition) is 3. The molecule has 1 rings (SSSR count). The lowest BCUT2D eigenvalue weighted by molar-refractivity contribution is -0.127. The second kappa shape index (κ2) is 4.11. The highest BCUT2D eigenvalue weighted by molar-refractivity contribution is 7.80. The highest BCUT2D eigenvalue weighted by atomic mass is 32.1. The molecule has 1 heterocycles. The Labute approximate surface area is 88.6 Å². The van der Waals surface area contributed by atoms with Crippen LogP contribution in [0.5, 0.6) is 0 Å². The van der Waals surface area contributed by atoms with E-state index in [4.69, 9.17) is 12.2 Å². The topological polar surface area (TPSA) is 32.3 Å². The van der Waals surface area contributed by atoms with Gasteiger partial charge in [-0.1, -0.05) is 6.08 Å². The van der Waals surface area contributed by atoms with Gasteiger partial charge in [-0.25, -0.2) is 0 Å². The highest BCUT2D eigenvalue weighted by Gasteiger charge is 2.36. The Morgan fingerprint density at radius 1 is 1.92 bits per heavy atom. The van der Waals surface area contributed by atoms with Crippen molar-refractivity contribution in [1.29, 1.82) is 0 Å². The van der Waals surface area contributed by atoms with Gasteiger partial charge in [0.1, 0.15) is 6.04 Å². The molecule has 1 amide bonds. The van der Waals surface area contributed by atoms with Crippen LogP contribution < -0.4 is 5.32 Å². The molecule has 0 bridgehead atoms. The number of thiol groups is 1. The summed E-state index contributed by atoms with van der Waals surface area (Å²) in [6.07, 6.45) is 1.69. The van der Waals surface area contributed by atoms with Gasteiger partial charge in [-0.3, -0.25) is 9.69 Å². The summed E-state index contributed by atoms with van der Waals surface area (Å²) in [6, 6.07) is -0.337. The Balaban J connectivity index is 2.81. The molecule has 1 aliphatic rings. The second-order valence-electron chi connectivity index (χ2n) is 2.87. The van der Waals surface area contributed by atoms with Gasteiger partial charge in [-0.05, 0) is 19.1 Å². The summed E-state index contributed by atoms with van der Waals surface area (Å²) in [7, 11) is 0. The first-order chi connectivity index (χ1) is 6.11. The van der Waals surface area contributed by atoms with Crippen LogP contribution in [-0.4, -0.2) is 33.8 Å². The van der Waals surface area contributed by atoms with E-state index in [1.165, 1.54) is 4.90 Å². The minimum atomic E-state index is -0.279. The van der Waals surface area contributed by atoms with Gasteiger partial charge < -0.3 is 5.32 Å². The van der Waals surface area contributed by atoms with Crippen LogP contribution in [0, 0.1) is 0 Å². The SMILES string of the molecule is C=CC(C)N1C(=O)[C@H](CS)NC1=S. The van der Waals surface area contributed by atoms with Gasteiger partial charge >= 0.3 is 0 Å². The minimum Gasteiger partial charge on any atom is -0.350 e. The maximum Gasteiger partial charge on any atom is 0.252 e. The van der Waals surface area contributed by atoms with Gasteiger partial charge in [0.25, 0.3) is 5.91 Å². The monoisotopic (exact) mass is 216 g/mol. The first kappa shape index (κ1) is 10.5. The quantitative estimate of drug-likeness (QED) is 0.411. The average Bonchev–Trinajstić information content (AvgIpc) is 2.40. The van der Waals surface area contributed by atoms with Crippen molar-refractivity contribution in [2.75, 3.05) is 5.75 Å². The summed E-state index contributed by atoms with van der Waals surface area (Å²) in [5.74, 6) is 0.437. The molecular weight excluding hydrogens is 204 g/mol. The Bertz CT molecular complexity index is 255. The molecule has 1 N–H and O–H groups in total. The van der Waals surface area contributed by atoms with E-state index in [1.54, 1.807) is 6.08 Å². The number of nitrogens with zero attached hydrogens (tertiary/aromatic N) is 1. The highest BCUT2D eigenvalue weighted by Crippen LogP contribution is 2.12. The van der Waals surface area contributed by atoms with Crippen LogP contribution in [0.4, 0.5) is 0 Å². The molecule has 0 aromatic carbocycles. The molecule has 5 heteroatoms. The van der Waals surface area contributed by atoms with Gasteiger partial charge in [0.15, 0.2) is 5.11 Å². The van der Waals surface area contributed by atoms with E-state index < -0.39 is 0 Å². The summed E-state index contributed by atoms with van der Waals surface area (Å²) in [5, 5.41) is 3.37. The van der Waals surface area contributed by atoms with Crippen molar-refractivity contribution >= 4 is 35.9 Å². The zero-order valence-electron chi connectivity index (χ0n) is 7.36. The molecule has 0 spiro atoms. The second-order valence-corrected chi connectivity index (χ2v) is 3.62. The van der Waals surface area contributed by atoms with Crippen LogP contribution in [-0.2, 0) is 4.79 Å². The summed E-state index contributed by atoms with van der Waals surface area (Å²) in [5.41, 5.74) is 0. The van der Waals surface area contributed by atoms with Crippen LogP contribution >= 0.6 is 24.8 Å². The van der Waals surface area contributed by atoms with Crippen molar-refractivity contribution in [3.8, 4) is 0 Å². The predicted molar refractivity (Wildman–Crippen MR) is 59.9 cm³/mol. The molecule has 1 unspecified atom stereocenters. The number of thiocarbonyl (C=S) groups is 1. The Kier molecular flexibility index (Phi) is 3.33. The fourth-order valence-electron chi connectivity index (χ4n) is 1.16. The Hall–Kier alpha value is -0.550. The fraction of sp³-hybridized carbons (Fsp3) is 0.500. The third-order valence-electron chi connectivity index (χ3n) is 1.98. The number of hydrogen-bond donors (Lipinski definition) is 2. The lowest BCUT2D eigenvalue weighted by Crippen LogP contribution is -2.38. The average molecular weight is 216 g/mol. The first-order valence-electron chi connectivity index (χ1n) is 3.98. The molecule has 1 fully saturated rings. The molecule has 72 valence electrons. The van der Waals surface area contributed by atoms with Crippen molar-refractivity contribution < 1.29 is 4.79 Å². The van der Waals surface area contributed by atoms with E-state index in [0.29, 0.717) is 10.9 Å². The van der Waals surface area contributed by atoms with Gasteiger partial charge in [-0.2, -0.15) is 12.6 Å². The lowest BCUT2D eigenvalue weighted by atomic mass is 10.2. The Morgan fingerprint density at radius 2 is 2.54 bits per heavy atom. The van der Waals surface area contributed by atoms with Crippen molar-refractivity contribution in [2.45, 2.75) is 19.0 Å². The number of carbonyl (C=O) groups is 1. The van der Waals surface area contributed by atoms with E-state index in [0.717, 1.165) is 0 Å². The normalized spacial score (nSPS) is 24.5. The summed E-state index contributed by atoms with van der Waals surface area (Å²) >= 11 is 9.07. The van der Waals surface area contributed by atoms with Crippen LogP contribution in [0.3, 0.4) is 0 Å². The predicted octanol–water partition coefficient (Wildman–Crippen LogP) is 0.576. The molecule has 2 atom stereocenters. The lowest BCUT2D eigenvalue weighted by Gasteiger charge is -2.19. The number of amides is 1. The summed E-state index contributed by atoms with van der Waals surface area (Å²) in [4.78, 5) is 13.2. The molecule has 0 aliphatic carbocycles. The molecule has 0 aromatic rings. The number of nitrogens with one attached hydrogen (secondary N) is 1. The van der Waals surface area contributed by atoms with Gasteiger partial charge in [0, 0.05) is 5.75 Å². The van der Waals surface area contributed by atoms with Crippen LogP contribution in [0.2, 0.25) is 0 Å².